The van der Waals surface area contributed by atoms with Crippen LogP contribution in [0.15, 0.2) is 28.0 Å². The van der Waals surface area contributed by atoms with E-state index in [0.29, 0.717) is 12.4 Å². The van der Waals surface area contributed by atoms with Gasteiger partial charge in [0.1, 0.15) is 6.54 Å². The van der Waals surface area contributed by atoms with Gasteiger partial charge in [0, 0.05) is 16.0 Å². The number of nitrogens with zero attached hydrogens (tertiary/aromatic N) is 1. The number of carbonyl (C=O) groups excluding carboxylic acids is 2. The maximum atomic E-state index is 13.2. The lowest BCUT2D eigenvalue weighted by Gasteiger charge is -2.43. The standard InChI is InChI=1S/C23H22N2O7S2/c1-2-32-12-5-8(3-4-11(12)26)14-15-9-6-10(18(15)33-20-19(14)34-23(31)24-20)17-16(9)21(29)25(22(17)30)7-13(27)28/h3-5,9-10,14-18,26H,2,6-7H2,1H3,(H,24,31)(H,27,28)/t9-,10+,14-,15+,16-,17+,18-/m1/s1. The van der Waals surface area contributed by atoms with Crippen molar-refractivity contribution in [3.8, 4) is 11.5 Å². The van der Waals surface area contributed by atoms with E-state index in [1.54, 1.807) is 23.9 Å². The van der Waals surface area contributed by atoms with Crippen LogP contribution in [0, 0.1) is 29.6 Å². The Morgan fingerprint density at radius 2 is 1.94 bits per heavy atom. The molecule has 2 bridgehead atoms. The Morgan fingerprint density at radius 3 is 2.65 bits per heavy atom. The number of phenolic OH excluding ortho intramolecular Hbond substituents is 1. The van der Waals surface area contributed by atoms with Gasteiger partial charge in [0.2, 0.25) is 11.8 Å². The molecule has 3 fully saturated rings. The zero-order valence-electron chi connectivity index (χ0n) is 18.1. The van der Waals surface area contributed by atoms with Crippen molar-refractivity contribution >= 4 is 40.9 Å². The predicted octanol–water partition coefficient (Wildman–Crippen LogP) is 2.10. The van der Waals surface area contributed by atoms with Crippen molar-refractivity contribution in [3.05, 3.63) is 38.3 Å². The van der Waals surface area contributed by atoms with E-state index in [1.165, 1.54) is 0 Å². The number of rotatable bonds is 5. The maximum Gasteiger partial charge on any atom is 0.323 e. The number of aromatic amines is 1. The van der Waals surface area contributed by atoms with E-state index < -0.39 is 24.3 Å². The number of thioether (sulfide) groups is 1. The molecule has 0 unspecified atom stereocenters. The van der Waals surface area contributed by atoms with Crippen molar-refractivity contribution in [1.82, 2.24) is 9.88 Å². The van der Waals surface area contributed by atoms with Gasteiger partial charge in [0.25, 0.3) is 0 Å². The Morgan fingerprint density at radius 1 is 1.21 bits per heavy atom. The van der Waals surface area contributed by atoms with E-state index in [9.17, 15) is 29.4 Å². The lowest BCUT2D eigenvalue weighted by Crippen LogP contribution is -2.42. The Labute approximate surface area is 202 Å². The Bertz CT molecular complexity index is 1290. The maximum absolute atomic E-state index is 13.2. The number of carbonyl (C=O) groups is 3. The van der Waals surface area contributed by atoms with Crippen LogP contribution < -0.4 is 9.61 Å². The molecule has 1 aromatic carbocycles. The van der Waals surface area contributed by atoms with Crippen molar-refractivity contribution in [1.29, 1.82) is 0 Å². The summed E-state index contributed by atoms with van der Waals surface area (Å²) in [6.07, 6.45) is 0.724. The number of nitrogens with one attached hydrogen (secondary N) is 1. The van der Waals surface area contributed by atoms with Crippen LogP contribution in [-0.4, -0.2) is 56.3 Å². The van der Waals surface area contributed by atoms with Gasteiger partial charge in [-0.25, -0.2) is 0 Å². The third-order valence-corrected chi connectivity index (χ3v) is 10.3. The number of hydrogen-bond donors (Lipinski definition) is 3. The number of benzene rings is 1. The molecule has 2 aromatic rings. The second kappa shape index (κ2) is 7.61. The third kappa shape index (κ3) is 2.92. The monoisotopic (exact) mass is 502 g/mol. The molecular weight excluding hydrogens is 480 g/mol. The summed E-state index contributed by atoms with van der Waals surface area (Å²) in [6.45, 7) is 1.61. The average molecular weight is 503 g/mol. The molecule has 4 aliphatic rings. The Hall–Kier alpha value is -2.79. The first-order valence-corrected chi connectivity index (χ1v) is 12.9. The molecule has 1 aromatic heterocycles. The largest absolute Gasteiger partial charge is 0.504 e. The number of carboxylic acids is 1. The van der Waals surface area contributed by atoms with Gasteiger partial charge >= 0.3 is 10.8 Å². The molecule has 2 aliphatic heterocycles. The van der Waals surface area contributed by atoms with Crippen LogP contribution in [0.3, 0.4) is 0 Å². The molecule has 2 amide bonds. The number of hydrogen-bond acceptors (Lipinski definition) is 8. The first kappa shape index (κ1) is 21.7. The summed E-state index contributed by atoms with van der Waals surface area (Å²) in [6, 6.07) is 5.21. The fourth-order valence-corrected chi connectivity index (χ4v) is 9.63. The van der Waals surface area contributed by atoms with Crippen LogP contribution >= 0.6 is 23.1 Å². The van der Waals surface area contributed by atoms with Gasteiger partial charge in [-0.2, -0.15) is 0 Å². The quantitative estimate of drug-likeness (QED) is 0.529. The number of carboxylic acid groups (broad SMARTS) is 1. The van der Waals surface area contributed by atoms with Crippen LogP contribution in [0.2, 0.25) is 0 Å². The van der Waals surface area contributed by atoms with Crippen molar-refractivity contribution in [2.45, 2.75) is 29.5 Å². The summed E-state index contributed by atoms with van der Waals surface area (Å²) in [5, 5.41) is 20.2. The molecule has 178 valence electrons. The predicted molar refractivity (Wildman–Crippen MR) is 122 cm³/mol. The molecule has 3 heterocycles. The van der Waals surface area contributed by atoms with Crippen molar-refractivity contribution < 1.29 is 29.3 Å². The number of aliphatic carboxylic acids is 1. The normalized spacial score (nSPS) is 33.1. The smallest absolute Gasteiger partial charge is 0.323 e. The van der Waals surface area contributed by atoms with Gasteiger partial charge in [0.15, 0.2) is 11.5 Å². The number of ether oxygens (including phenoxy) is 1. The lowest BCUT2D eigenvalue weighted by molar-refractivity contribution is -0.149. The highest BCUT2D eigenvalue weighted by Gasteiger charge is 2.69. The zero-order valence-corrected chi connectivity index (χ0v) is 19.7. The highest BCUT2D eigenvalue weighted by atomic mass is 32.2. The highest BCUT2D eigenvalue weighted by Crippen LogP contribution is 2.68. The number of thiazole rings is 1. The SMILES string of the molecule is CCOc1cc([C@H]2c3sc(=O)[nH]c3S[C@@H]3[C@H]4C[C@@H]([C@H]5C(=O)N(CC(=O)O)C(=O)[C@@H]45)[C@@H]23)ccc1O. The molecule has 2 saturated carbocycles. The van der Waals surface area contributed by atoms with Crippen LogP contribution in [0.1, 0.15) is 29.7 Å². The van der Waals surface area contributed by atoms with E-state index >= 15 is 0 Å². The Kier molecular flexibility index (Phi) is 4.86. The van der Waals surface area contributed by atoms with Gasteiger partial charge < -0.3 is 19.9 Å². The van der Waals surface area contributed by atoms with Crippen LogP contribution in [0.5, 0.6) is 11.5 Å². The van der Waals surface area contributed by atoms with Crippen LogP contribution in [0.25, 0.3) is 0 Å². The van der Waals surface area contributed by atoms with Gasteiger partial charge in [0.05, 0.1) is 23.5 Å². The first-order valence-electron chi connectivity index (χ1n) is 11.2. The topological polar surface area (TPSA) is 137 Å². The number of phenols is 1. The molecule has 1 saturated heterocycles. The number of aromatic nitrogens is 1. The van der Waals surface area contributed by atoms with Gasteiger partial charge in [-0.3, -0.25) is 24.1 Å². The third-order valence-electron chi connectivity index (χ3n) is 7.75. The Balaban J connectivity index is 1.45. The number of likely N-dealkylation sites (tertiary alicyclic amines) is 1. The highest BCUT2D eigenvalue weighted by molar-refractivity contribution is 8.00. The second-order valence-electron chi connectivity index (χ2n) is 9.28. The summed E-state index contributed by atoms with van der Waals surface area (Å²) in [4.78, 5) is 54.5. The van der Waals surface area contributed by atoms with Crippen LogP contribution in [-0.2, 0) is 14.4 Å². The van der Waals surface area contributed by atoms with Gasteiger partial charge in [-0.1, -0.05) is 17.4 Å². The van der Waals surface area contributed by atoms with Crippen molar-refractivity contribution in [3.63, 3.8) is 0 Å². The van der Waals surface area contributed by atoms with Crippen LogP contribution in [0.4, 0.5) is 0 Å². The van der Waals surface area contributed by atoms with Gasteiger partial charge in [-0.05, 0) is 48.8 Å². The molecule has 6 rings (SSSR count). The molecule has 2 aliphatic carbocycles. The average Bonchev–Trinajstić information content (AvgIpc) is 3.51. The van der Waals surface area contributed by atoms with E-state index in [4.69, 9.17) is 4.74 Å². The second-order valence-corrected chi connectivity index (χ2v) is 11.5. The number of aromatic hydroxyl groups is 1. The van der Waals surface area contributed by atoms with E-state index in [1.807, 2.05) is 13.0 Å². The minimum absolute atomic E-state index is 0.00394. The molecule has 9 nitrogen and oxygen atoms in total. The molecule has 0 spiro atoms. The van der Waals surface area contributed by atoms with E-state index in [0.717, 1.165) is 38.1 Å². The summed E-state index contributed by atoms with van der Waals surface area (Å²) in [5.41, 5.74) is 0.885. The molecule has 11 heteroatoms. The fourth-order valence-electron chi connectivity index (χ4n) is 6.74. The number of amides is 2. The van der Waals surface area contributed by atoms with Gasteiger partial charge in [-0.15, -0.1) is 11.8 Å². The lowest BCUT2D eigenvalue weighted by atomic mass is 9.68. The summed E-state index contributed by atoms with van der Waals surface area (Å²) in [7, 11) is 0. The molecule has 7 atom stereocenters. The minimum Gasteiger partial charge on any atom is -0.504 e. The number of H-pyrrole nitrogens is 1. The molecule has 3 N–H and O–H groups in total. The molecule has 0 radical (unpaired) electrons. The molecule has 34 heavy (non-hydrogen) atoms. The minimum atomic E-state index is -1.20. The first-order chi connectivity index (χ1) is 16.3. The zero-order chi connectivity index (χ0) is 23.9. The summed E-state index contributed by atoms with van der Waals surface area (Å²) < 4.78 is 5.60. The van der Waals surface area contributed by atoms with Crippen molar-refractivity contribution in [2.75, 3.05) is 13.2 Å². The summed E-state index contributed by atoms with van der Waals surface area (Å²) in [5.74, 6) is -2.97. The van der Waals surface area contributed by atoms with Crippen molar-refractivity contribution in [2.24, 2.45) is 29.6 Å². The number of imide groups is 1. The number of fused-ring (bicyclic) bond motifs is 9. The fraction of sp³-hybridized carbons (Fsp3) is 0.478. The summed E-state index contributed by atoms with van der Waals surface area (Å²) >= 11 is 2.72. The van der Waals surface area contributed by atoms with E-state index in [-0.39, 0.29) is 51.4 Å². The molecular formula is C23H22N2O7S2. The van der Waals surface area contributed by atoms with E-state index in [2.05, 4.69) is 4.98 Å².